The van der Waals surface area contributed by atoms with Crippen LogP contribution in [-0.4, -0.2) is 4.98 Å². The third kappa shape index (κ3) is 2.80. The Kier molecular flexibility index (Phi) is 3.65. The fourth-order valence-corrected chi connectivity index (χ4v) is 2.95. The zero-order valence-corrected chi connectivity index (χ0v) is 12.1. The van der Waals surface area contributed by atoms with Gasteiger partial charge < -0.3 is 10.2 Å². The van der Waals surface area contributed by atoms with E-state index < -0.39 is 0 Å². The summed E-state index contributed by atoms with van der Waals surface area (Å²) >= 11 is 1.79. The van der Waals surface area contributed by atoms with E-state index in [9.17, 15) is 0 Å². The lowest BCUT2D eigenvalue weighted by Crippen LogP contribution is -1.86. The standard InChI is InChI=1S/C16H16N2OS/c1-11-4-2-5-12(8-11)9-20-10-15-18-16-13(17)6-3-7-14(16)19-15/h2-8H,9-10,17H2,1H3. The number of nitrogen functional groups attached to an aromatic ring is 1. The van der Waals surface area contributed by atoms with Crippen molar-refractivity contribution in [2.75, 3.05) is 5.73 Å². The lowest BCUT2D eigenvalue weighted by atomic mass is 10.2. The van der Waals surface area contributed by atoms with E-state index in [4.69, 9.17) is 10.2 Å². The Morgan fingerprint density at radius 2 is 2.00 bits per heavy atom. The molecule has 0 aliphatic rings. The Hall–Kier alpha value is -1.94. The van der Waals surface area contributed by atoms with Gasteiger partial charge in [0.05, 0.1) is 11.4 Å². The average molecular weight is 284 g/mol. The van der Waals surface area contributed by atoms with Gasteiger partial charge >= 0.3 is 0 Å². The summed E-state index contributed by atoms with van der Waals surface area (Å²) in [4.78, 5) is 4.45. The van der Waals surface area contributed by atoms with Gasteiger partial charge in [-0.3, -0.25) is 0 Å². The molecule has 0 unspecified atom stereocenters. The van der Waals surface area contributed by atoms with Crippen molar-refractivity contribution in [1.29, 1.82) is 0 Å². The van der Waals surface area contributed by atoms with Crippen LogP contribution in [0.4, 0.5) is 5.69 Å². The number of hydrogen-bond donors (Lipinski definition) is 1. The first kappa shape index (κ1) is 13.1. The van der Waals surface area contributed by atoms with Crippen molar-refractivity contribution < 1.29 is 4.42 Å². The van der Waals surface area contributed by atoms with Crippen LogP contribution in [0.25, 0.3) is 11.1 Å². The largest absolute Gasteiger partial charge is 0.440 e. The number of rotatable bonds is 4. The molecule has 102 valence electrons. The summed E-state index contributed by atoms with van der Waals surface area (Å²) in [6.45, 7) is 2.11. The van der Waals surface area contributed by atoms with E-state index in [0.717, 1.165) is 28.5 Å². The van der Waals surface area contributed by atoms with Gasteiger partial charge in [0, 0.05) is 5.75 Å². The Morgan fingerprint density at radius 1 is 1.15 bits per heavy atom. The van der Waals surface area contributed by atoms with E-state index in [1.165, 1.54) is 11.1 Å². The monoisotopic (exact) mass is 284 g/mol. The Balaban J connectivity index is 1.67. The number of thioether (sulfide) groups is 1. The van der Waals surface area contributed by atoms with Crippen LogP contribution in [0.3, 0.4) is 0 Å². The van der Waals surface area contributed by atoms with Crippen LogP contribution >= 0.6 is 11.8 Å². The molecule has 0 spiro atoms. The van der Waals surface area contributed by atoms with Crippen LogP contribution in [0.2, 0.25) is 0 Å². The van der Waals surface area contributed by atoms with Gasteiger partial charge in [-0.05, 0) is 24.6 Å². The maximum absolute atomic E-state index is 5.88. The Morgan fingerprint density at radius 3 is 2.80 bits per heavy atom. The molecule has 4 heteroatoms. The molecule has 0 atom stereocenters. The topological polar surface area (TPSA) is 52.0 Å². The number of fused-ring (bicyclic) bond motifs is 1. The number of benzene rings is 2. The smallest absolute Gasteiger partial charge is 0.205 e. The number of anilines is 1. The molecule has 1 heterocycles. The molecule has 2 aromatic carbocycles. The second-order valence-electron chi connectivity index (χ2n) is 4.78. The van der Waals surface area contributed by atoms with Crippen molar-refractivity contribution in [1.82, 2.24) is 4.98 Å². The van der Waals surface area contributed by atoms with Gasteiger partial charge in [0.1, 0.15) is 5.52 Å². The van der Waals surface area contributed by atoms with Crippen LogP contribution in [0.5, 0.6) is 0 Å². The van der Waals surface area contributed by atoms with E-state index >= 15 is 0 Å². The predicted octanol–water partition coefficient (Wildman–Crippen LogP) is 4.15. The maximum atomic E-state index is 5.88. The maximum Gasteiger partial charge on any atom is 0.205 e. The summed E-state index contributed by atoms with van der Waals surface area (Å²) in [7, 11) is 0. The second-order valence-corrected chi connectivity index (χ2v) is 5.77. The lowest BCUT2D eigenvalue weighted by molar-refractivity contribution is 0.556. The molecule has 3 aromatic rings. The summed E-state index contributed by atoms with van der Waals surface area (Å²) in [5.41, 5.74) is 10.7. The normalized spacial score (nSPS) is 11.1. The van der Waals surface area contributed by atoms with Crippen molar-refractivity contribution in [3.05, 3.63) is 59.5 Å². The molecule has 3 nitrogen and oxygen atoms in total. The number of nitrogens with two attached hydrogens (primary N) is 1. The van der Waals surface area contributed by atoms with Crippen molar-refractivity contribution in [2.24, 2.45) is 0 Å². The van der Waals surface area contributed by atoms with Crippen LogP contribution in [0.1, 0.15) is 17.0 Å². The van der Waals surface area contributed by atoms with Crippen molar-refractivity contribution in [2.45, 2.75) is 18.4 Å². The molecule has 0 radical (unpaired) electrons. The highest BCUT2D eigenvalue weighted by atomic mass is 32.2. The summed E-state index contributed by atoms with van der Waals surface area (Å²) in [5.74, 6) is 2.44. The van der Waals surface area contributed by atoms with Crippen LogP contribution in [-0.2, 0) is 11.5 Å². The van der Waals surface area contributed by atoms with E-state index in [2.05, 4.69) is 36.2 Å². The fourth-order valence-electron chi connectivity index (χ4n) is 2.14. The molecule has 0 aliphatic heterocycles. The minimum atomic E-state index is 0.668. The first-order valence-electron chi connectivity index (χ1n) is 6.49. The highest BCUT2D eigenvalue weighted by Crippen LogP contribution is 2.24. The van der Waals surface area contributed by atoms with Crippen molar-refractivity contribution in [3.8, 4) is 0 Å². The molecule has 0 aliphatic carbocycles. The van der Waals surface area contributed by atoms with Gasteiger partial charge in [0.2, 0.25) is 5.89 Å². The number of aromatic nitrogens is 1. The Labute approximate surface area is 122 Å². The number of para-hydroxylation sites is 1. The zero-order valence-electron chi connectivity index (χ0n) is 11.3. The van der Waals surface area contributed by atoms with Crippen LogP contribution in [0, 0.1) is 6.92 Å². The number of hydrogen-bond acceptors (Lipinski definition) is 4. The average Bonchev–Trinajstić information content (AvgIpc) is 2.83. The highest BCUT2D eigenvalue weighted by Gasteiger charge is 2.08. The zero-order chi connectivity index (χ0) is 13.9. The number of aryl methyl sites for hydroxylation is 1. The molecule has 0 amide bonds. The third-order valence-corrected chi connectivity index (χ3v) is 4.06. The molecule has 0 bridgehead atoms. The highest BCUT2D eigenvalue weighted by molar-refractivity contribution is 7.97. The molecule has 1 aromatic heterocycles. The molecule has 2 N–H and O–H groups in total. The van der Waals surface area contributed by atoms with Gasteiger partial charge in [0.25, 0.3) is 0 Å². The van der Waals surface area contributed by atoms with Gasteiger partial charge in [-0.25, -0.2) is 4.98 Å². The fraction of sp³-hybridized carbons (Fsp3) is 0.188. The van der Waals surface area contributed by atoms with E-state index in [1.807, 2.05) is 18.2 Å². The summed E-state index contributed by atoms with van der Waals surface area (Å²) < 4.78 is 5.70. The van der Waals surface area contributed by atoms with Gasteiger partial charge in [-0.2, -0.15) is 0 Å². The quantitative estimate of drug-likeness (QED) is 0.731. The van der Waals surface area contributed by atoms with Crippen LogP contribution < -0.4 is 5.73 Å². The third-order valence-electron chi connectivity index (χ3n) is 3.07. The predicted molar refractivity (Wildman–Crippen MR) is 84.6 cm³/mol. The second kappa shape index (κ2) is 5.59. The van der Waals surface area contributed by atoms with Crippen molar-refractivity contribution in [3.63, 3.8) is 0 Å². The van der Waals surface area contributed by atoms with Gasteiger partial charge in [0.15, 0.2) is 5.58 Å². The summed E-state index contributed by atoms with van der Waals surface area (Å²) in [6, 6.07) is 14.2. The number of oxazole rings is 1. The van der Waals surface area contributed by atoms with E-state index in [0.29, 0.717) is 5.69 Å². The minimum Gasteiger partial charge on any atom is -0.440 e. The first-order chi connectivity index (χ1) is 9.72. The lowest BCUT2D eigenvalue weighted by Gasteiger charge is -2.00. The molecule has 0 fully saturated rings. The van der Waals surface area contributed by atoms with E-state index in [1.54, 1.807) is 11.8 Å². The molecule has 3 rings (SSSR count). The molecular weight excluding hydrogens is 268 g/mol. The number of nitrogens with zero attached hydrogens (tertiary/aromatic N) is 1. The molecular formula is C16H16N2OS. The van der Waals surface area contributed by atoms with Gasteiger partial charge in [-0.15, -0.1) is 11.8 Å². The minimum absolute atomic E-state index is 0.668. The van der Waals surface area contributed by atoms with Gasteiger partial charge in [-0.1, -0.05) is 35.9 Å². The van der Waals surface area contributed by atoms with E-state index in [-0.39, 0.29) is 0 Å². The SMILES string of the molecule is Cc1cccc(CSCc2nc3c(N)cccc3o2)c1. The first-order valence-corrected chi connectivity index (χ1v) is 7.65. The summed E-state index contributed by atoms with van der Waals surface area (Å²) in [6.07, 6.45) is 0. The Bertz CT molecular complexity index is 736. The molecule has 0 saturated carbocycles. The summed E-state index contributed by atoms with van der Waals surface area (Å²) in [5, 5.41) is 0. The van der Waals surface area contributed by atoms with Crippen LogP contribution in [0.15, 0.2) is 46.9 Å². The molecule has 0 saturated heterocycles. The molecule has 20 heavy (non-hydrogen) atoms. The van der Waals surface area contributed by atoms with Crippen molar-refractivity contribution >= 4 is 28.5 Å².